The Morgan fingerprint density at radius 1 is 1.43 bits per heavy atom. The second-order valence-corrected chi connectivity index (χ2v) is 7.38. The maximum Gasteiger partial charge on any atom is 0.254 e. The minimum absolute atomic E-state index is 0.0234. The smallest absolute Gasteiger partial charge is 0.254 e. The second kappa shape index (κ2) is 6.05. The molecule has 1 N–H and O–H groups in total. The van der Waals surface area contributed by atoms with Crippen molar-refractivity contribution in [3.8, 4) is 0 Å². The first-order valence-corrected chi connectivity index (χ1v) is 8.67. The fourth-order valence-corrected chi connectivity index (χ4v) is 3.84. The van der Waals surface area contributed by atoms with Crippen molar-refractivity contribution >= 4 is 29.0 Å². The molecular weight excluding hydrogens is 312 g/mol. The van der Waals surface area contributed by atoms with Gasteiger partial charge in [-0.05, 0) is 36.8 Å². The molecule has 1 aromatic heterocycles. The molecule has 1 spiro atoms. The van der Waals surface area contributed by atoms with Gasteiger partial charge in [-0.15, -0.1) is 11.3 Å². The quantitative estimate of drug-likeness (QED) is 0.847. The predicted molar refractivity (Wildman–Crippen MR) is 90.8 cm³/mol. The molecule has 0 aliphatic carbocycles. The van der Waals surface area contributed by atoms with Gasteiger partial charge in [-0.2, -0.15) is 0 Å². The number of carbonyl (C=O) groups is 2. The Hall–Kier alpha value is -1.73. The van der Waals surface area contributed by atoms with Crippen LogP contribution in [-0.4, -0.2) is 60.2 Å². The summed E-state index contributed by atoms with van der Waals surface area (Å²) in [5, 5.41) is 4.92. The highest BCUT2D eigenvalue weighted by Crippen LogP contribution is 2.31. The normalized spacial score (nSPS) is 20.5. The van der Waals surface area contributed by atoms with Crippen molar-refractivity contribution in [3.05, 3.63) is 21.9 Å². The third-order valence-corrected chi connectivity index (χ3v) is 5.56. The van der Waals surface area contributed by atoms with Gasteiger partial charge >= 0.3 is 0 Å². The lowest BCUT2D eigenvalue weighted by atomic mass is 9.88. The van der Waals surface area contributed by atoms with E-state index in [4.69, 9.17) is 0 Å². The number of guanidine groups is 1. The maximum absolute atomic E-state index is 12.3. The number of Topliss-reactive ketones (excluding diaryl/α,β-unsaturated/α-hetero) is 1. The number of amides is 1. The van der Waals surface area contributed by atoms with Gasteiger partial charge in [-0.3, -0.25) is 19.8 Å². The molecule has 3 rings (SSSR count). The zero-order chi connectivity index (χ0) is 16.6. The summed E-state index contributed by atoms with van der Waals surface area (Å²) in [4.78, 5) is 33.3. The highest BCUT2D eigenvalue weighted by atomic mass is 32.1. The number of nitrogens with zero attached hydrogens (tertiary/aromatic N) is 3. The molecule has 0 bridgehead atoms. The van der Waals surface area contributed by atoms with Crippen LogP contribution in [0.25, 0.3) is 0 Å². The highest BCUT2D eigenvalue weighted by molar-refractivity contribution is 7.12. The predicted octanol–water partition coefficient (Wildman–Crippen LogP) is 1.33. The molecule has 1 fully saturated rings. The molecule has 0 unspecified atom stereocenters. The van der Waals surface area contributed by atoms with Crippen LogP contribution in [0.15, 0.2) is 16.4 Å². The van der Waals surface area contributed by atoms with Crippen LogP contribution in [-0.2, 0) is 11.3 Å². The van der Waals surface area contributed by atoms with Crippen LogP contribution in [0.1, 0.15) is 35.0 Å². The van der Waals surface area contributed by atoms with E-state index >= 15 is 0 Å². The number of hydrogen-bond acceptors (Lipinski definition) is 6. The van der Waals surface area contributed by atoms with Crippen molar-refractivity contribution < 1.29 is 9.59 Å². The number of carbonyl (C=O) groups excluding carboxylic acids is 2. The van der Waals surface area contributed by atoms with E-state index in [1.165, 1.54) is 16.9 Å². The van der Waals surface area contributed by atoms with E-state index in [0.717, 1.165) is 37.4 Å². The zero-order valence-electron chi connectivity index (χ0n) is 13.8. The van der Waals surface area contributed by atoms with E-state index in [2.05, 4.69) is 15.2 Å². The lowest BCUT2D eigenvalue weighted by molar-refractivity contribution is -0.125. The van der Waals surface area contributed by atoms with Crippen LogP contribution in [0.5, 0.6) is 0 Å². The zero-order valence-corrected chi connectivity index (χ0v) is 14.6. The summed E-state index contributed by atoms with van der Waals surface area (Å²) in [6.45, 7) is 4.09. The summed E-state index contributed by atoms with van der Waals surface area (Å²) in [5.41, 5.74) is 0.583. The summed E-state index contributed by atoms with van der Waals surface area (Å²) in [7, 11) is 3.77. The molecule has 2 aliphatic rings. The molecule has 2 aliphatic heterocycles. The minimum atomic E-state index is -0.588. The Kier molecular flexibility index (Phi) is 4.25. The lowest BCUT2D eigenvalue weighted by Crippen LogP contribution is -2.49. The van der Waals surface area contributed by atoms with Crippen LogP contribution in [0.2, 0.25) is 0 Å². The first-order chi connectivity index (χ1) is 10.9. The third kappa shape index (κ3) is 3.16. The topological polar surface area (TPSA) is 65.0 Å². The number of hydrogen-bond donors (Lipinski definition) is 1. The van der Waals surface area contributed by atoms with Crippen LogP contribution in [0, 0.1) is 0 Å². The Labute approximate surface area is 140 Å². The molecule has 1 saturated heterocycles. The maximum atomic E-state index is 12.3. The standard InChI is InChI=1S/C16H22N4O2S/c1-11(21)13-8-12(10-23-13)9-20-6-4-16(5-7-20)14(22)17-15(18-16)19(2)3/h8,10H,4-7,9H2,1-3H3,(H,17,18,22). The number of likely N-dealkylation sites (tertiary alicyclic amines) is 1. The number of ketones is 1. The van der Waals surface area contributed by atoms with Gasteiger partial charge < -0.3 is 4.90 Å². The molecule has 7 heteroatoms. The van der Waals surface area contributed by atoms with E-state index in [9.17, 15) is 9.59 Å². The average Bonchev–Trinajstić information content (AvgIpc) is 3.08. The fourth-order valence-electron chi connectivity index (χ4n) is 3.03. The largest absolute Gasteiger partial charge is 0.349 e. The summed E-state index contributed by atoms with van der Waals surface area (Å²) < 4.78 is 0. The SMILES string of the molecule is CC(=O)c1cc(CN2CCC3(CC2)N=C(N(C)C)NC3=O)cs1. The summed E-state index contributed by atoms with van der Waals surface area (Å²) in [6.07, 6.45) is 1.47. The molecule has 0 atom stereocenters. The first kappa shape index (κ1) is 16.1. The van der Waals surface area contributed by atoms with Crippen LogP contribution in [0.4, 0.5) is 0 Å². The van der Waals surface area contributed by atoms with Gasteiger partial charge in [0, 0.05) is 33.7 Å². The second-order valence-electron chi connectivity index (χ2n) is 6.47. The van der Waals surface area contributed by atoms with Gasteiger partial charge in [0.15, 0.2) is 5.78 Å². The molecule has 6 nitrogen and oxygen atoms in total. The van der Waals surface area contributed by atoms with E-state index in [1.807, 2.05) is 30.4 Å². The Balaban J connectivity index is 1.62. The van der Waals surface area contributed by atoms with Gasteiger partial charge in [-0.1, -0.05) is 0 Å². The Bertz CT molecular complexity index is 657. The number of rotatable bonds is 3. The Morgan fingerprint density at radius 2 is 2.13 bits per heavy atom. The van der Waals surface area contributed by atoms with E-state index < -0.39 is 5.54 Å². The Morgan fingerprint density at radius 3 is 2.65 bits per heavy atom. The molecule has 23 heavy (non-hydrogen) atoms. The molecule has 3 heterocycles. The average molecular weight is 334 g/mol. The van der Waals surface area contributed by atoms with Crippen molar-refractivity contribution in [2.45, 2.75) is 31.8 Å². The molecule has 0 saturated carbocycles. The highest BCUT2D eigenvalue weighted by Gasteiger charge is 2.46. The van der Waals surface area contributed by atoms with E-state index in [-0.39, 0.29) is 11.7 Å². The molecule has 0 aromatic carbocycles. The lowest BCUT2D eigenvalue weighted by Gasteiger charge is -2.35. The molecular formula is C16H22N4O2S. The van der Waals surface area contributed by atoms with Gasteiger partial charge in [0.05, 0.1) is 4.88 Å². The van der Waals surface area contributed by atoms with Gasteiger partial charge in [0.1, 0.15) is 5.54 Å². The third-order valence-electron chi connectivity index (χ3n) is 4.48. The molecule has 1 aromatic rings. The fraction of sp³-hybridized carbons (Fsp3) is 0.562. The van der Waals surface area contributed by atoms with Crippen molar-refractivity contribution in [1.82, 2.24) is 15.1 Å². The molecule has 124 valence electrons. The summed E-state index contributed by atoms with van der Waals surface area (Å²) in [5.74, 6) is 0.801. The van der Waals surface area contributed by atoms with Crippen LogP contribution >= 0.6 is 11.3 Å². The molecule has 1 amide bonds. The first-order valence-electron chi connectivity index (χ1n) is 7.79. The number of aliphatic imine (C=N–C) groups is 1. The van der Waals surface area contributed by atoms with Crippen molar-refractivity contribution in [3.63, 3.8) is 0 Å². The number of piperidine rings is 1. The van der Waals surface area contributed by atoms with Crippen molar-refractivity contribution in [2.75, 3.05) is 27.2 Å². The number of nitrogens with one attached hydrogen (secondary N) is 1. The van der Waals surface area contributed by atoms with Crippen LogP contribution in [0.3, 0.4) is 0 Å². The van der Waals surface area contributed by atoms with Gasteiger partial charge in [-0.25, -0.2) is 4.99 Å². The van der Waals surface area contributed by atoms with E-state index in [1.54, 1.807) is 6.92 Å². The van der Waals surface area contributed by atoms with E-state index in [0.29, 0.717) is 5.96 Å². The summed E-state index contributed by atoms with van der Waals surface area (Å²) in [6, 6.07) is 1.97. The molecule has 0 radical (unpaired) electrons. The minimum Gasteiger partial charge on any atom is -0.349 e. The summed E-state index contributed by atoms with van der Waals surface area (Å²) >= 11 is 1.50. The van der Waals surface area contributed by atoms with Gasteiger partial charge in [0.25, 0.3) is 5.91 Å². The monoisotopic (exact) mass is 334 g/mol. The number of thiophene rings is 1. The van der Waals surface area contributed by atoms with Gasteiger partial charge in [0.2, 0.25) is 5.96 Å². The van der Waals surface area contributed by atoms with Crippen LogP contribution < -0.4 is 5.32 Å². The van der Waals surface area contributed by atoms with Crippen molar-refractivity contribution in [1.29, 1.82) is 0 Å². The van der Waals surface area contributed by atoms with Crippen molar-refractivity contribution in [2.24, 2.45) is 4.99 Å².